The van der Waals surface area contributed by atoms with Crippen molar-refractivity contribution in [3.63, 3.8) is 0 Å². The number of carbonyl (C=O) groups is 2. The van der Waals surface area contributed by atoms with Crippen LogP contribution >= 0.6 is 11.6 Å². The molecule has 0 aliphatic rings. The van der Waals surface area contributed by atoms with Crippen molar-refractivity contribution >= 4 is 63.6 Å². The summed E-state index contributed by atoms with van der Waals surface area (Å²) in [6, 6.07) is 12.4. The maximum absolute atomic E-state index is 14.6. The molecule has 14 nitrogen and oxygen atoms in total. The summed E-state index contributed by atoms with van der Waals surface area (Å²) in [6.07, 6.45) is 0. The third-order valence-corrected chi connectivity index (χ3v) is 8.18. The Bertz CT molecular complexity index is 2210. The molecule has 4 aromatic rings. The topological polar surface area (TPSA) is 156 Å². The van der Waals surface area contributed by atoms with Gasteiger partial charge in [-0.3, -0.25) is 19.3 Å². The van der Waals surface area contributed by atoms with Crippen LogP contribution in [0.2, 0.25) is 5.15 Å². The minimum atomic E-state index is -0.557. The summed E-state index contributed by atoms with van der Waals surface area (Å²) in [4.78, 5) is 50.6. The van der Waals surface area contributed by atoms with Gasteiger partial charge in [0.05, 0.1) is 27.4 Å². The number of nitrogens with two attached hydrogens (primary N) is 1. The van der Waals surface area contributed by atoms with E-state index >= 15 is 0 Å². The molecule has 0 aliphatic heterocycles. The van der Waals surface area contributed by atoms with E-state index in [4.69, 9.17) is 30.5 Å². The average Bonchev–Trinajstić information content (AvgIpc) is 3.14. The standard InChI is InChI=1S/C21H26FN5O2.C12H15ClFN3.C9H12N2O2.FH.K/c1-13-8-9-14(20(28)26-29-7)10-16(13)24-18-17(23-5)11-15(22)19(25-18)27(6)12-21(2,3)4;1-12(2,3)7-17(5)11-8(14)6-9(15-4)10(13)16-11;1-6-3-4-7(5-8(6)10)9(12)11-13-2;;/h8-11H,12H2,1-4,6-7H3,(H,24,25)(H,26,28);6H,7H2,1-3,5H3;3-5H,10H2,1-2H3,(H,11,12);1H;/q;;;;+1/p-1. The van der Waals surface area contributed by atoms with E-state index in [1.807, 2.05) is 34.6 Å². The molecule has 0 fully saturated rings. The number of hydrogen-bond donors (Lipinski definition) is 4. The zero-order chi connectivity index (χ0) is 44.8. The Balaban J connectivity index is 0.000000957. The Morgan fingerprint density at radius 2 is 1.20 bits per heavy atom. The van der Waals surface area contributed by atoms with Gasteiger partial charge in [0.15, 0.2) is 23.3 Å². The van der Waals surface area contributed by atoms with Gasteiger partial charge >= 0.3 is 51.4 Å². The maximum atomic E-state index is 14.6. The number of aromatic nitrogens is 2. The number of anilines is 5. The summed E-state index contributed by atoms with van der Waals surface area (Å²) in [5.74, 6) is -1.22. The molecule has 19 heteroatoms. The Labute approximate surface area is 404 Å². The van der Waals surface area contributed by atoms with Crippen LogP contribution in [0.15, 0.2) is 48.5 Å². The fourth-order valence-corrected chi connectivity index (χ4v) is 5.57. The van der Waals surface area contributed by atoms with Gasteiger partial charge in [-0.15, -0.1) is 0 Å². The van der Waals surface area contributed by atoms with Crippen LogP contribution in [0, 0.1) is 49.5 Å². The first-order valence-electron chi connectivity index (χ1n) is 18.1. The van der Waals surface area contributed by atoms with E-state index in [1.54, 1.807) is 60.3 Å². The number of amides is 2. The van der Waals surface area contributed by atoms with Crippen LogP contribution in [0.1, 0.15) is 73.4 Å². The second-order valence-electron chi connectivity index (χ2n) is 15.8. The van der Waals surface area contributed by atoms with Gasteiger partial charge in [0, 0.05) is 49.7 Å². The Hall–Kier alpha value is -4.50. The number of hydroxylamine groups is 2. The summed E-state index contributed by atoms with van der Waals surface area (Å²) in [5.41, 5.74) is 14.0. The van der Waals surface area contributed by atoms with E-state index < -0.39 is 17.5 Å². The van der Waals surface area contributed by atoms with Crippen LogP contribution in [0.3, 0.4) is 0 Å². The van der Waals surface area contributed by atoms with Gasteiger partial charge in [-0.1, -0.05) is 65.3 Å². The van der Waals surface area contributed by atoms with Crippen molar-refractivity contribution in [2.45, 2.75) is 55.4 Å². The van der Waals surface area contributed by atoms with E-state index in [-0.39, 0.29) is 107 Å². The third kappa shape index (κ3) is 18.2. The van der Waals surface area contributed by atoms with Crippen LogP contribution in [-0.2, 0) is 9.68 Å². The number of rotatable bonds is 10. The Kier molecular flexibility index (Phi) is 23.6. The predicted octanol–water partition coefficient (Wildman–Crippen LogP) is 3.38. The van der Waals surface area contributed by atoms with Crippen LogP contribution in [0.4, 0.5) is 49.0 Å². The number of carbonyl (C=O) groups excluding carboxylic acids is 2. The number of aryl methyl sites for hydroxylation is 2. The average molecular weight is 893 g/mol. The molecule has 0 aliphatic carbocycles. The normalized spacial score (nSPS) is 10.4. The van der Waals surface area contributed by atoms with E-state index in [2.05, 4.69) is 66.4 Å². The number of benzene rings is 2. The van der Waals surface area contributed by atoms with Crippen molar-refractivity contribution in [3.8, 4) is 0 Å². The van der Waals surface area contributed by atoms with Crippen LogP contribution in [-0.4, -0.2) is 63.2 Å². The summed E-state index contributed by atoms with van der Waals surface area (Å²) >= 11 is 5.80. The first kappa shape index (κ1) is 56.5. The zero-order valence-corrected chi connectivity index (χ0v) is 40.8. The van der Waals surface area contributed by atoms with Gasteiger partial charge in [-0.2, -0.15) is 0 Å². The molecule has 0 radical (unpaired) electrons. The third-order valence-electron chi connectivity index (χ3n) is 7.90. The van der Waals surface area contributed by atoms with Gasteiger partial charge < -0.3 is 25.6 Å². The van der Waals surface area contributed by atoms with Crippen molar-refractivity contribution in [2.75, 3.05) is 62.3 Å². The molecule has 4 rings (SSSR count). The minimum absolute atomic E-state index is 0. The quantitative estimate of drug-likeness (QED) is 0.0613. The molecule has 0 spiro atoms. The zero-order valence-electron chi connectivity index (χ0n) is 36.9. The molecule has 2 aromatic heterocycles. The molecule has 0 saturated heterocycles. The first-order valence-corrected chi connectivity index (χ1v) is 18.5. The molecule has 0 atom stereocenters. The largest absolute Gasteiger partial charge is 1.00 e. The molecule has 2 aromatic carbocycles. The number of hydrogen-bond acceptors (Lipinski definition) is 10. The van der Waals surface area contributed by atoms with E-state index in [1.165, 1.54) is 20.3 Å². The van der Waals surface area contributed by atoms with Gasteiger partial charge in [-0.05, 0) is 72.2 Å². The summed E-state index contributed by atoms with van der Waals surface area (Å²) in [5, 5.41) is 3.11. The number of nitrogens with zero attached hydrogens (tertiary/aromatic N) is 6. The van der Waals surface area contributed by atoms with Crippen molar-refractivity contribution in [2.24, 2.45) is 10.8 Å². The monoisotopic (exact) mass is 892 g/mol. The van der Waals surface area contributed by atoms with Crippen LogP contribution < -0.4 is 87.9 Å². The molecule has 0 unspecified atom stereocenters. The number of nitrogen functional groups attached to an aromatic ring is 1. The predicted molar refractivity (Wildman–Crippen MR) is 230 cm³/mol. The molecule has 61 heavy (non-hydrogen) atoms. The van der Waals surface area contributed by atoms with Gasteiger partial charge in [0.25, 0.3) is 11.8 Å². The fourth-order valence-electron chi connectivity index (χ4n) is 5.39. The molecular formula is C42H53ClF3KN10O4. The van der Waals surface area contributed by atoms with Crippen molar-refractivity contribution < 1.29 is 84.1 Å². The molecular weight excluding hydrogens is 840 g/mol. The molecule has 2 amide bonds. The van der Waals surface area contributed by atoms with Gasteiger partial charge in [-0.25, -0.2) is 39.4 Å². The molecule has 2 heterocycles. The van der Waals surface area contributed by atoms with Crippen LogP contribution in [0.25, 0.3) is 9.69 Å². The van der Waals surface area contributed by atoms with E-state index in [0.717, 1.165) is 17.2 Å². The van der Waals surface area contributed by atoms with Crippen LogP contribution in [0.5, 0.6) is 0 Å². The molecule has 324 valence electrons. The van der Waals surface area contributed by atoms with Crippen molar-refractivity contribution in [1.82, 2.24) is 20.9 Å². The van der Waals surface area contributed by atoms with Gasteiger partial charge in [0.1, 0.15) is 11.0 Å². The summed E-state index contributed by atoms with van der Waals surface area (Å²) in [6.45, 7) is 31.5. The first-order chi connectivity index (χ1) is 27.4. The smallest absolute Gasteiger partial charge is 1.00 e. The summed E-state index contributed by atoms with van der Waals surface area (Å²) < 4.78 is 28.3. The van der Waals surface area contributed by atoms with E-state index in [0.29, 0.717) is 35.6 Å². The Morgan fingerprint density at radius 1 is 0.770 bits per heavy atom. The second kappa shape index (κ2) is 25.4. The SMILES string of the molecule is CONC(=O)c1ccc(C)c(N)c1.[C-]#[N+]c1cc(F)c(N(C)CC(C)(C)C)nc1Cl.[C-]#[N+]c1cc(F)c(N(C)CC(C)(C)C)nc1Nc1cc(C(=O)NOC)ccc1C.[F-].[K+]. The van der Waals surface area contributed by atoms with Crippen molar-refractivity contribution in [1.29, 1.82) is 0 Å². The molecule has 5 N–H and O–H groups in total. The summed E-state index contributed by atoms with van der Waals surface area (Å²) in [7, 11) is 6.25. The maximum Gasteiger partial charge on any atom is 1.00 e. The van der Waals surface area contributed by atoms with Crippen molar-refractivity contribution in [3.05, 3.63) is 110 Å². The molecule has 0 bridgehead atoms. The van der Waals surface area contributed by atoms with Gasteiger partial charge in [0.2, 0.25) is 11.4 Å². The fraction of sp³-hybridized carbons (Fsp3) is 0.381. The second-order valence-corrected chi connectivity index (χ2v) is 16.2. The Morgan fingerprint density at radius 3 is 1.62 bits per heavy atom. The minimum Gasteiger partial charge on any atom is -1.00 e. The number of pyridine rings is 2. The number of halogens is 4. The van der Waals surface area contributed by atoms with E-state index in [9.17, 15) is 18.4 Å². The molecule has 0 saturated carbocycles. The number of nitrogens with one attached hydrogen (secondary N) is 3.